The number of aromatic nitrogens is 2. The molecule has 2 heterocycles. The molecule has 0 fully saturated rings. The maximum atomic E-state index is 12.7. The Morgan fingerprint density at radius 2 is 2.03 bits per heavy atom. The van der Waals surface area contributed by atoms with Gasteiger partial charge in [0, 0.05) is 36.6 Å². The van der Waals surface area contributed by atoms with Crippen LogP contribution in [0.4, 0.5) is 0 Å². The minimum absolute atomic E-state index is 0.0747. The van der Waals surface area contributed by atoms with Gasteiger partial charge in [-0.05, 0) is 65.8 Å². The Labute approximate surface area is 177 Å². The molecule has 0 unspecified atom stereocenters. The second-order valence-corrected chi connectivity index (χ2v) is 7.59. The summed E-state index contributed by atoms with van der Waals surface area (Å²) in [4.78, 5) is 21.9. The summed E-state index contributed by atoms with van der Waals surface area (Å²) in [6.45, 7) is 6.14. The first-order valence-electron chi connectivity index (χ1n) is 10.2. The Bertz CT molecular complexity index is 1020. The molecule has 0 radical (unpaired) electrons. The number of aromatic amines is 1. The van der Waals surface area contributed by atoms with Crippen LogP contribution in [-0.2, 0) is 19.5 Å². The molecule has 0 aliphatic heterocycles. The van der Waals surface area contributed by atoms with Crippen molar-refractivity contribution in [2.45, 2.75) is 46.2 Å². The van der Waals surface area contributed by atoms with Crippen molar-refractivity contribution in [2.24, 2.45) is 0 Å². The Morgan fingerprint density at radius 1 is 1.17 bits per heavy atom. The zero-order chi connectivity index (χ0) is 20.6. The molecule has 2 aromatic heterocycles. The topological polar surface area (TPSA) is 61.0 Å². The molecule has 3 rings (SSSR count). The van der Waals surface area contributed by atoms with Gasteiger partial charge >= 0.3 is 0 Å². The minimum atomic E-state index is -0.0747. The fraction of sp³-hybridized carbons (Fsp3) is 0.348. The highest BCUT2D eigenvalue weighted by atomic mass is 32.1. The standard InChI is InChI=1S/C23H28N4OS/c1-3-5-11-25-23(29)27(15-18-7-6-10-24-14-18)16-20-13-19-12-17(4-2)8-9-21(19)26-22(20)28/h6-10,12-14H,3-5,11,15-16H2,1-2H3,(H,25,29)(H,26,28). The minimum Gasteiger partial charge on any atom is -0.363 e. The SMILES string of the molecule is CCCCNC(=S)N(Cc1cccnc1)Cc1cc2cc(CC)ccc2[nH]c1=O. The van der Waals surface area contributed by atoms with Crippen LogP contribution in [0.15, 0.2) is 53.6 Å². The van der Waals surface area contributed by atoms with Gasteiger partial charge in [0.1, 0.15) is 0 Å². The van der Waals surface area contributed by atoms with E-state index in [9.17, 15) is 4.79 Å². The van der Waals surface area contributed by atoms with Crippen LogP contribution < -0.4 is 10.9 Å². The summed E-state index contributed by atoms with van der Waals surface area (Å²) >= 11 is 5.65. The summed E-state index contributed by atoms with van der Waals surface area (Å²) in [6, 6.07) is 12.1. The van der Waals surface area contributed by atoms with Crippen molar-refractivity contribution < 1.29 is 0 Å². The van der Waals surface area contributed by atoms with Crippen LogP contribution in [0, 0.1) is 0 Å². The predicted octanol–water partition coefficient (Wildman–Crippen LogP) is 4.16. The van der Waals surface area contributed by atoms with Crippen molar-refractivity contribution in [2.75, 3.05) is 6.54 Å². The van der Waals surface area contributed by atoms with Crippen LogP contribution in [0.2, 0.25) is 0 Å². The Kier molecular flexibility index (Phi) is 7.36. The third-order valence-electron chi connectivity index (χ3n) is 4.95. The van der Waals surface area contributed by atoms with Gasteiger partial charge < -0.3 is 15.2 Å². The van der Waals surface area contributed by atoms with Gasteiger partial charge in [-0.15, -0.1) is 0 Å². The van der Waals surface area contributed by atoms with Crippen LogP contribution in [0.25, 0.3) is 10.9 Å². The molecule has 0 amide bonds. The van der Waals surface area contributed by atoms with E-state index in [1.807, 2.05) is 35.4 Å². The van der Waals surface area contributed by atoms with Crippen LogP contribution in [-0.4, -0.2) is 26.5 Å². The number of thiocarbonyl (C=S) groups is 1. The number of benzene rings is 1. The summed E-state index contributed by atoms with van der Waals surface area (Å²) in [5.74, 6) is 0. The molecule has 152 valence electrons. The largest absolute Gasteiger partial charge is 0.363 e. The van der Waals surface area contributed by atoms with Gasteiger partial charge in [-0.3, -0.25) is 9.78 Å². The zero-order valence-electron chi connectivity index (χ0n) is 17.1. The van der Waals surface area contributed by atoms with Crippen molar-refractivity contribution in [3.05, 3.63) is 75.8 Å². The number of aryl methyl sites for hydroxylation is 1. The normalized spacial score (nSPS) is 10.8. The lowest BCUT2D eigenvalue weighted by molar-refractivity contribution is 0.396. The number of pyridine rings is 2. The van der Waals surface area contributed by atoms with Crippen LogP contribution in [0.1, 0.15) is 43.4 Å². The molecule has 0 aliphatic rings. The van der Waals surface area contributed by atoms with E-state index in [1.54, 1.807) is 6.20 Å². The highest BCUT2D eigenvalue weighted by molar-refractivity contribution is 7.80. The molecule has 0 aliphatic carbocycles. The van der Waals surface area contributed by atoms with E-state index in [0.717, 1.165) is 42.3 Å². The summed E-state index contributed by atoms with van der Waals surface area (Å²) in [5, 5.41) is 5.03. The number of H-pyrrole nitrogens is 1. The maximum absolute atomic E-state index is 12.7. The fourth-order valence-electron chi connectivity index (χ4n) is 3.24. The molecular formula is C23H28N4OS. The molecular weight excluding hydrogens is 380 g/mol. The number of nitrogens with zero attached hydrogens (tertiary/aromatic N) is 2. The van der Waals surface area contributed by atoms with E-state index in [2.05, 4.69) is 41.3 Å². The second kappa shape index (κ2) is 10.2. The summed E-state index contributed by atoms with van der Waals surface area (Å²) in [5.41, 5.74) is 3.79. The molecule has 1 aromatic carbocycles. The Hall–Kier alpha value is -2.73. The van der Waals surface area contributed by atoms with Gasteiger partial charge in [-0.25, -0.2) is 0 Å². The molecule has 29 heavy (non-hydrogen) atoms. The van der Waals surface area contributed by atoms with Gasteiger partial charge in [0.15, 0.2) is 5.11 Å². The average Bonchev–Trinajstić information content (AvgIpc) is 2.74. The number of nitrogens with one attached hydrogen (secondary N) is 2. The summed E-state index contributed by atoms with van der Waals surface area (Å²) in [7, 11) is 0. The molecule has 2 N–H and O–H groups in total. The van der Waals surface area contributed by atoms with Gasteiger partial charge in [0.25, 0.3) is 5.56 Å². The maximum Gasteiger partial charge on any atom is 0.253 e. The van der Waals surface area contributed by atoms with E-state index in [1.165, 1.54) is 5.56 Å². The summed E-state index contributed by atoms with van der Waals surface area (Å²) in [6.07, 6.45) is 6.70. The van der Waals surface area contributed by atoms with Crippen LogP contribution >= 0.6 is 12.2 Å². The zero-order valence-corrected chi connectivity index (χ0v) is 17.9. The molecule has 6 heteroatoms. The van der Waals surface area contributed by atoms with Crippen LogP contribution in [0.3, 0.4) is 0 Å². The summed E-state index contributed by atoms with van der Waals surface area (Å²) < 4.78 is 0. The number of rotatable bonds is 8. The fourth-order valence-corrected chi connectivity index (χ4v) is 3.47. The molecule has 0 bridgehead atoms. The van der Waals surface area contributed by atoms with Crippen molar-refractivity contribution in [1.82, 2.24) is 20.2 Å². The van der Waals surface area contributed by atoms with Crippen molar-refractivity contribution >= 4 is 28.2 Å². The molecule has 0 saturated heterocycles. The lowest BCUT2D eigenvalue weighted by Crippen LogP contribution is -2.40. The van der Waals surface area contributed by atoms with E-state index in [-0.39, 0.29) is 5.56 Å². The molecule has 3 aromatic rings. The quantitative estimate of drug-likeness (QED) is 0.433. The lowest BCUT2D eigenvalue weighted by atomic mass is 10.1. The smallest absolute Gasteiger partial charge is 0.253 e. The lowest BCUT2D eigenvalue weighted by Gasteiger charge is -2.26. The Balaban J connectivity index is 1.88. The second-order valence-electron chi connectivity index (χ2n) is 7.20. The van der Waals surface area contributed by atoms with Gasteiger partial charge in [0.05, 0.1) is 6.54 Å². The Morgan fingerprint density at radius 3 is 2.76 bits per heavy atom. The van der Waals surface area contributed by atoms with Gasteiger partial charge in [-0.1, -0.05) is 32.4 Å². The third-order valence-corrected chi connectivity index (χ3v) is 5.35. The van der Waals surface area contributed by atoms with Crippen molar-refractivity contribution in [3.8, 4) is 0 Å². The van der Waals surface area contributed by atoms with Crippen LogP contribution in [0.5, 0.6) is 0 Å². The monoisotopic (exact) mass is 408 g/mol. The molecule has 0 atom stereocenters. The van der Waals surface area contributed by atoms with E-state index >= 15 is 0 Å². The first-order valence-corrected chi connectivity index (χ1v) is 10.6. The number of unbranched alkanes of at least 4 members (excludes halogenated alkanes) is 1. The first-order chi connectivity index (χ1) is 14.1. The molecule has 0 saturated carbocycles. The highest BCUT2D eigenvalue weighted by Crippen LogP contribution is 2.16. The average molecular weight is 409 g/mol. The van der Waals surface area contributed by atoms with Crippen molar-refractivity contribution in [3.63, 3.8) is 0 Å². The third kappa shape index (κ3) is 5.64. The van der Waals surface area contributed by atoms with Crippen molar-refractivity contribution in [1.29, 1.82) is 0 Å². The molecule has 5 nitrogen and oxygen atoms in total. The molecule has 0 spiro atoms. The highest BCUT2D eigenvalue weighted by Gasteiger charge is 2.14. The first kappa shape index (κ1) is 21.0. The number of hydrogen-bond donors (Lipinski definition) is 2. The number of hydrogen-bond acceptors (Lipinski definition) is 3. The predicted molar refractivity (Wildman–Crippen MR) is 123 cm³/mol. The number of fused-ring (bicyclic) bond motifs is 1. The van der Waals surface area contributed by atoms with E-state index in [4.69, 9.17) is 12.2 Å². The van der Waals surface area contributed by atoms with E-state index in [0.29, 0.717) is 23.8 Å². The van der Waals surface area contributed by atoms with Gasteiger partial charge in [0.2, 0.25) is 0 Å². The van der Waals surface area contributed by atoms with E-state index < -0.39 is 0 Å². The van der Waals surface area contributed by atoms with Gasteiger partial charge in [-0.2, -0.15) is 0 Å².